The highest BCUT2D eigenvalue weighted by molar-refractivity contribution is 5.94. The Labute approximate surface area is 184 Å². The standard InChI is InChI=1S/C21H25NO10/c1-11(23)28-10-16-18(29-12(2)24)19(30-13(3)25)17(21(32-16)31-14(4)26)22-20(27)15-8-6-5-7-9-15/h5-9,16-19,21H,10H2,1-4H3,(H,22,27)/t16?,17?,18-,19?,21?/m0/s1. The summed E-state index contributed by atoms with van der Waals surface area (Å²) in [7, 11) is 0. The number of benzene rings is 1. The van der Waals surface area contributed by atoms with Crippen LogP contribution in [0.4, 0.5) is 0 Å². The van der Waals surface area contributed by atoms with Gasteiger partial charge in [-0.2, -0.15) is 0 Å². The third kappa shape index (κ3) is 7.05. The van der Waals surface area contributed by atoms with E-state index in [1.165, 1.54) is 6.92 Å². The first-order valence-corrected chi connectivity index (χ1v) is 9.75. The molecule has 1 aromatic rings. The van der Waals surface area contributed by atoms with Crippen LogP contribution in [-0.2, 0) is 42.9 Å². The molecule has 11 heteroatoms. The predicted molar refractivity (Wildman–Crippen MR) is 106 cm³/mol. The second-order valence-corrected chi connectivity index (χ2v) is 6.97. The molecule has 0 aliphatic carbocycles. The van der Waals surface area contributed by atoms with Crippen molar-refractivity contribution in [1.82, 2.24) is 5.32 Å². The Hall–Kier alpha value is -3.47. The van der Waals surface area contributed by atoms with Crippen molar-refractivity contribution in [2.24, 2.45) is 0 Å². The normalized spacial score (nSPS) is 24.6. The Morgan fingerprint density at radius 1 is 0.812 bits per heavy atom. The van der Waals surface area contributed by atoms with Gasteiger partial charge in [0.1, 0.15) is 18.8 Å². The van der Waals surface area contributed by atoms with Crippen molar-refractivity contribution in [2.45, 2.75) is 58.3 Å². The van der Waals surface area contributed by atoms with Gasteiger partial charge in [-0.3, -0.25) is 24.0 Å². The third-order valence-corrected chi connectivity index (χ3v) is 4.32. The smallest absolute Gasteiger partial charge is 0.305 e. The predicted octanol–water partition coefficient (Wildman–Crippen LogP) is 0.500. The van der Waals surface area contributed by atoms with Gasteiger partial charge >= 0.3 is 23.9 Å². The summed E-state index contributed by atoms with van der Waals surface area (Å²) >= 11 is 0. The molecule has 1 aliphatic rings. The molecule has 174 valence electrons. The Kier molecular flexibility index (Phi) is 8.71. The molecule has 0 aromatic heterocycles. The zero-order valence-corrected chi connectivity index (χ0v) is 18.1. The minimum absolute atomic E-state index is 0.279. The first-order valence-electron chi connectivity index (χ1n) is 9.75. The SMILES string of the molecule is CC(=O)OCC1OC(OC(C)=O)C(NC(=O)c2ccccc2)C(OC(C)=O)[C@H]1OC(C)=O. The highest BCUT2D eigenvalue weighted by Gasteiger charge is 2.52. The van der Waals surface area contributed by atoms with E-state index >= 15 is 0 Å². The second-order valence-electron chi connectivity index (χ2n) is 6.97. The summed E-state index contributed by atoms with van der Waals surface area (Å²) in [4.78, 5) is 59.3. The molecular weight excluding hydrogens is 426 g/mol. The molecule has 4 unspecified atom stereocenters. The van der Waals surface area contributed by atoms with Crippen molar-refractivity contribution >= 4 is 29.8 Å². The van der Waals surface area contributed by atoms with Crippen LogP contribution in [0, 0.1) is 0 Å². The molecule has 0 spiro atoms. The molecule has 1 amide bonds. The number of nitrogens with one attached hydrogen (secondary N) is 1. The fourth-order valence-corrected chi connectivity index (χ4v) is 3.14. The van der Waals surface area contributed by atoms with E-state index < -0.39 is 60.4 Å². The van der Waals surface area contributed by atoms with Gasteiger partial charge in [-0.05, 0) is 12.1 Å². The van der Waals surface area contributed by atoms with Crippen molar-refractivity contribution in [3.05, 3.63) is 35.9 Å². The number of esters is 4. The van der Waals surface area contributed by atoms with Crippen molar-refractivity contribution in [3.63, 3.8) is 0 Å². The van der Waals surface area contributed by atoms with E-state index in [9.17, 15) is 24.0 Å². The van der Waals surface area contributed by atoms with Crippen LogP contribution in [0.3, 0.4) is 0 Å². The summed E-state index contributed by atoms with van der Waals surface area (Å²) in [6, 6.07) is 6.88. The summed E-state index contributed by atoms with van der Waals surface area (Å²) in [5.74, 6) is -3.44. The molecule has 0 saturated carbocycles. The fraction of sp³-hybridized carbons (Fsp3) is 0.476. The lowest BCUT2D eigenvalue weighted by atomic mass is 9.95. The maximum absolute atomic E-state index is 12.8. The minimum atomic E-state index is -1.43. The number of hydrogen-bond acceptors (Lipinski definition) is 10. The van der Waals surface area contributed by atoms with Gasteiger partial charge in [-0.25, -0.2) is 0 Å². The molecular formula is C21H25NO10. The molecule has 1 aliphatic heterocycles. The molecule has 1 N–H and O–H groups in total. The van der Waals surface area contributed by atoms with Crippen molar-refractivity contribution in [1.29, 1.82) is 0 Å². The zero-order chi connectivity index (χ0) is 23.8. The van der Waals surface area contributed by atoms with E-state index in [0.29, 0.717) is 0 Å². The molecule has 11 nitrogen and oxygen atoms in total. The lowest BCUT2D eigenvalue weighted by Gasteiger charge is -2.44. The highest BCUT2D eigenvalue weighted by atomic mass is 16.7. The molecule has 5 atom stereocenters. The van der Waals surface area contributed by atoms with Crippen molar-refractivity contribution in [2.75, 3.05) is 6.61 Å². The van der Waals surface area contributed by atoms with Gasteiger partial charge in [0, 0.05) is 33.3 Å². The molecule has 1 heterocycles. The molecule has 0 bridgehead atoms. The average molecular weight is 451 g/mol. The number of ether oxygens (including phenoxy) is 5. The van der Waals surface area contributed by atoms with Crippen LogP contribution >= 0.6 is 0 Å². The number of hydrogen-bond donors (Lipinski definition) is 1. The fourth-order valence-electron chi connectivity index (χ4n) is 3.14. The molecule has 1 fully saturated rings. The van der Waals surface area contributed by atoms with Crippen LogP contribution in [0.5, 0.6) is 0 Å². The van der Waals surface area contributed by atoms with Gasteiger partial charge in [-0.1, -0.05) is 18.2 Å². The summed E-state index contributed by atoms with van der Waals surface area (Å²) in [6.07, 6.45) is -5.18. The molecule has 0 radical (unpaired) electrons. The lowest BCUT2D eigenvalue weighted by molar-refractivity contribution is -0.270. The van der Waals surface area contributed by atoms with Gasteiger partial charge in [0.15, 0.2) is 12.2 Å². The highest BCUT2D eigenvalue weighted by Crippen LogP contribution is 2.28. The van der Waals surface area contributed by atoms with Crippen LogP contribution in [0.1, 0.15) is 38.1 Å². The maximum atomic E-state index is 12.8. The van der Waals surface area contributed by atoms with Crippen LogP contribution < -0.4 is 5.32 Å². The molecule has 1 saturated heterocycles. The quantitative estimate of drug-likeness (QED) is 0.460. The summed E-state index contributed by atoms with van der Waals surface area (Å²) in [5.41, 5.74) is 0.279. The van der Waals surface area contributed by atoms with E-state index in [4.69, 9.17) is 23.7 Å². The van der Waals surface area contributed by atoms with E-state index in [1.54, 1.807) is 30.3 Å². The summed E-state index contributed by atoms with van der Waals surface area (Å²) < 4.78 is 26.5. The van der Waals surface area contributed by atoms with Crippen LogP contribution in [0.15, 0.2) is 30.3 Å². The molecule has 32 heavy (non-hydrogen) atoms. The monoisotopic (exact) mass is 451 g/mol. The number of amides is 1. The third-order valence-electron chi connectivity index (χ3n) is 4.32. The van der Waals surface area contributed by atoms with Crippen LogP contribution in [0.2, 0.25) is 0 Å². The van der Waals surface area contributed by atoms with Crippen LogP contribution in [-0.4, -0.2) is 67.0 Å². The summed E-state index contributed by atoms with van der Waals surface area (Å²) in [5, 5.41) is 2.62. The number of carbonyl (C=O) groups excluding carboxylic acids is 5. The first kappa shape index (κ1) is 24.8. The van der Waals surface area contributed by atoms with E-state index in [0.717, 1.165) is 20.8 Å². The van der Waals surface area contributed by atoms with Gasteiger partial charge in [0.2, 0.25) is 6.29 Å². The lowest BCUT2D eigenvalue weighted by Crippen LogP contribution is -2.67. The van der Waals surface area contributed by atoms with Crippen molar-refractivity contribution in [3.8, 4) is 0 Å². The Morgan fingerprint density at radius 2 is 1.38 bits per heavy atom. The van der Waals surface area contributed by atoms with Gasteiger partial charge in [-0.15, -0.1) is 0 Å². The van der Waals surface area contributed by atoms with Gasteiger partial charge < -0.3 is 29.0 Å². The molecule has 2 rings (SSSR count). The van der Waals surface area contributed by atoms with Crippen molar-refractivity contribution < 1.29 is 47.7 Å². The Morgan fingerprint density at radius 3 is 1.91 bits per heavy atom. The second kappa shape index (κ2) is 11.2. The molecule has 1 aromatic carbocycles. The van der Waals surface area contributed by atoms with E-state index in [2.05, 4.69) is 5.32 Å². The Balaban J connectivity index is 2.44. The maximum Gasteiger partial charge on any atom is 0.305 e. The van der Waals surface area contributed by atoms with Gasteiger partial charge in [0.05, 0.1) is 0 Å². The number of rotatable bonds is 7. The first-order chi connectivity index (χ1) is 15.1. The summed E-state index contributed by atoms with van der Waals surface area (Å²) in [6.45, 7) is 4.16. The minimum Gasteiger partial charge on any atom is -0.463 e. The largest absolute Gasteiger partial charge is 0.463 e. The van der Waals surface area contributed by atoms with E-state index in [1.807, 2.05) is 0 Å². The topological polar surface area (TPSA) is 144 Å². The van der Waals surface area contributed by atoms with E-state index in [-0.39, 0.29) is 12.2 Å². The van der Waals surface area contributed by atoms with Gasteiger partial charge in [0.25, 0.3) is 5.91 Å². The van der Waals surface area contributed by atoms with Crippen LogP contribution in [0.25, 0.3) is 0 Å². The zero-order valence-electron chi connectivity index (χ0n) is 18.1. The number of carbonyl (C=O) groups is 5. The Bertz CT molecular complexity index is 855. The average Bonchev–Trinajstić information content (AvgIpc) is 2.70.